The number of hydrogen-bond donors (Lipinski definition) is 2. The minimum absolute atomic E-state index is 0.0345. The Morgan fingerprint density at radius 3 is 2.84 bits per heavy atom. The van der Waals surface area contributed by atoms with Gasteiger partial charge in [-0.1, -0.05) is 34.4 Å². The third kappa shape index (κ3) is 2.88. The molecular formula is C18H21Cl2N3O2. The van der Waals surface area contributed by atoms with Gasteiger partial charge in [0.2, 0.25) is 0 Å². The Labute approximate surface area is 156 Å². The van der Waals surface area contributed by atoms with Crippen molar-refractivity contribution >= 4 is 23.2 Å². The van der Waals surface area contributed by atoms with Crippen molar-refractivity contribution in [3.63, 3.8) is 0 Å². The Morgan fingerprint density at radius 1 is 1.40 bits per heavy atom. The molecule has 2 aliphatic heterocycles. The van der Waals surface area contributed by atoms with E-state index in [1.165, 1.54) is 0 Å². The summed E-state index contributed by atoms with van der Waals surface area (Å²) < 4.78 is 5.46. The summed E-state index contributed by atoms with van der Waals surface area (Å²) in [5.74, 6) is 1.25. The van der Waals surface area contributed by atoms with Gasteiger partial charge in [0.1, 0.15) is 11.5 Å². The van der Waals surface area contributed by atoms with Crippen LogP contribution in [0, 0.1) is 18.3 Å². The summed E-state index contributed by atoms with van der Waals surface area (Å²) in [5, 5.41) is 18.7. The summed E-state index contributed by atoms with van der Waals surface area (Å²) in [5.41, 5.74) is 2.40. The van der Waals surface area contributed by atoms with Gasteiger partial charge in [0.05, 0.1) is 16.7 Å². The lowest BCUT2D eigenvalue weighted by Gasteiger charge is -2.25. The molecular weight excluding hydrogens is 361 g/mol. The van der Waals surface area contributed by atoms with Gasteiger partial charge in [-0.15, -0.1) is 0 Å². The number of rotatable bonds is 4. The first-order valence-corrected chi connectivity index (χ1v) is 9.23. The molecule has 25 heavy (non-hydrogen) atoms. The SMILES string of the molecule is Cc1onc(-c2c(Cl)cccc2Cl)c1CN1CC2CNCC2(CO)C1. The Bertz CT molecular complexity index is 774. The maximum atomic E-state index is 9.90. The van der Waals surface area contributed by atoms with Gasteiger partial charge in [0.25, 0.3) is 0 Å². The van der Waals surface area contributed by atoms with Crippen molar-refractivity contribution in [1.29, 1.82) is 0 Å². The lowest BCUT2D eigenvalue weighted by Crippen LogP contribution is -2.35. The monoisotopic (exact) mass is 381 g/mol. The van der Waals surface area contributed by atoms with Crippen molar-refractivity contribution in [2.24, 2.45) is 11.3 Å². The summed E-state index contributed by atoms with van der Waals surface area (Å²) in [6.45, 7) is 6.49. The first kappa shape index (κ1) is 17.3. The molecule has 2 aromatic rings. The molecule has 1 aromatic carbocycles. The molecule has 2 fully saturated rings. The van der Waals surface area contributed by atoms with E-state index in [1.807, 2.05) is 25.1 Å². The first-order chi connectivity index (χ1) is 12.0. The fourth-order valence-corrected chi connectivity index (χ4v) is 4.77. The highest BCUT2D eigenvalue weighted by Crippen LogP contribution is 2.41. The minimum Gasteiger partial charge on any atom is -0.396 e. The molecule has 0 radical (unpaired) electrons. The van der Waals surface area contributed by atoms with E-state index in [0.717, 1.165) is 43.1 Å². The molecule has 2 saturated heterocycles. The number of benzene rings is 1. The number of nitrogens with zero attached hydrogens (tertiary/aromatic N) is 2. The number of nitrogens with one attached hydrogen (secondary N) is 1. The van der Waals surface area contributed by atoms with Crippen LogP contribution in [0.1, 0.15) is 11.3 Å². The number of aromatic nitrogens is 1. The highest BCUT2D eigenvalue weighted by Gasteiger charge is 2.49. The summed E-state index contributed by atoms with van der Waals surface area (Å²) >= 11 is 12.7. The van der Waals surface area contributed by atoms with Crippen LogP contribution in [0.4, 0.5) is 0 Å². The fraction of sp³-hybridized carbons (Fsp3) is 0.500. The highest BCUT2D eigenvalue weighted by molar-refractivity contribution is 6.39. The van der Waals surface area contributed by atoms with Crippen LogP contribution in [-0.2, 0) is 6.54 Å². The fourth-order valence-electron chi connectivity index (χ4n) is 4.20. The molecule has 2 atom stereocenters. The van der Waals surface area contributed by atoms with Crippen molar-refractivity contribution in [2.45, 2.75) is 13.5 Å². The predicted molar refractivity (Wildman–Crippen MR) is 97.9 cm³/mol. The number of hydrogen-bond acceptors (Lipinski definition) is 5. The van der Waals surface area contributed by atoms with E-state index in [9.17, 15) is 5.11 Å². The average Bonchev–Trinajstić information content (AvgIpc) is 3.22. The minimum atomic E-state index is -0.0345. The molecule has 5 nitrogen and oxygen atoms in total. The van der Waals surface area contributed by atoms with Gasteiger partial charge in [0.15, 0.2) is 0 Å². The third-order valence-corrected chi connectivity index (χ3v) is 6.26. The molecule has 0 amide bonds. The molecule has 2 unspecified atom stereocenters. The van der Waals surface area contributed by atoms with Crippen LogP contribution >= 0.6 is 23.2 Å². The van der Waals surface area contributed by atoms with Crippen LogP contribution in [0.3, 0.4) is 0 Å². The largest absolute Gasteiger partial charge is 0.396 e. The lowest BCUT2D eigenvalue weighted by molar-refractivity contribution is 0.124. The number of aliphatic hydroxyl groups is 1. The van der Waals surface area contributed by atoms with Gasteiger partial charge in [-0.3, -0.25) is 4.90 Å². The van der Waals surface area contributed by atoms with E-state index in [4.69, 9.17) is 27.7 Å². The maximum absolute atomic E-state index is 9.90. The molecule has 0 aliphatic carbocycles. The van der Waals surface area contributed by atoms with Gasteiger partial charge in [-0.2, -0.15) is 0 Å². The van der Waals surface area contributed by atoms with Gasteiger partial charge in [-0.25, -0.2) is 0 Å². The van der Waals surface area contributed by atoms with Crippen LogP contribution in [0.2, 0.25) is 10.0 Å². The summed E-state index contributed by atoms with van der Waals surface area (Å²) in [6.07, 6.45) is 0. The average molecular weight is 382 g/mol. The number of fused-ring (bicyclic) bond motifs is 1. The van der Waals surface area contributed by atoms with Gasteiger partial charge in [0, 0.05) is 42.7 Å². The Hall–Kier alpha value is -1.11. The van der Waals surface area contributed by atoms with Crippen LogP contribution in [0.15, 0.2) is 22.7 Å². The van der Waals surface area contributed by atoms with E-state index in [1.54, 1.807) is 0 Å². The standard InChI is InChI=1S/C18H21Cl2N3O2/c1-11-13(7-23-6-12-5-21-8-18(12,9-23)10-24)17(22-25-11)16-14(19)3-2-4-15(16)20/h2-4,12,21,24H,5-10H2,1H3. The number of halogens is 2. The Morgan fingerprint density at radius 2 is 2.16 bits per heavy atom. The van der Waals surface area contributed by atoms with E-state index in [-0.39, 0.29) is 12.0 Å². The maximum Gasteiger partial charge on any atom is 0.138 e. The van der Waals surface area contributed by atoms with Crippen LogP contribution in [-0.4, -0.2) is 47.9 Å². The molecule has 1 aromatic heterocycles. The molecule has 3 heterocycles. The zero-order valence-corrected chi connectivity index (χ0v) is 15.6. The van der Waals surface area contributed by atoms with Gasteiger partial charge < -0.3 is 14.9 Å². The van der Waals surface area contributed by atoms with Crippen molar-refractivity contribution in [3.05, 3.63) is 39.6 Å². The Kier molecular flexibility index (Phi) is 4.54. The zero-order chi connectivity index (χ0) is 17.6. The number of aliphatic hydroxyl groups excluding tert-OH is 1. The van der Waals surface area contributed by atoms with Crippen molar-refractivity contribution < 1.29 is 9.63 Å². The van der Waals surface area contributed by atoms with E-state index >= 15 is 0 Å². The number of aryl methyl sites for hydroxylation is 1. The smallest absolute Gasteiger partial charge is 0.138 e. The number of likely N-dealkylation sites (tertiary alicyclic amines) is 1. The quantitative estimate of drug-likeness (QED) is 0.852. The molecule has 134 valence electrons. The molecule has 7 heteroatoms. The first-order valence-electron chi connectivity index (χ1n) is 8.47. The van der Waals surface area contributed by atoms with Gasteiger partial charge in [-0.05, 0) is 31.5 Å². The Balaban J connectivity index is 1.64. The topological polar surface area (TPSA) is 61.5 Å². The molecule has 0 saturated carbocycles. The second kappa shape index (κ2) is 6.56. The molecule has 0 bridgehead atoms. The molecule has 0 spiro atoms. The van der Waals surface area contributed by atoms with E-state index in [0.29, 0.717) is 28.2 Å². The predicted octanol–water partition coefficient (Wildman–Crippen LogP) is 2.97. The van der Waals surface area contributed by atoms with E-state index < -0.39 is 0 Å². The van der Waals surface area contributed by atoms with Crippen molar-refractivity contribution in [3.8, 4) is 11.3 Å². The molecule has 2 aliphatic rings. The lowest BCUT2D eigenvalue weighted by atomic mass is 9.82. The van der Waals surface area contributed by atoms with Crippen LogP contribution in [0.25, 0.3) is 11.3 Å². The summed E-state index contributed by atoms with van der Waals surface area (Å²) in [7, 11) is 0. The second-order valence-electron chi connectivity index (χ2n) is 7.18. The van der Waals surface area contributed by atoms with E-state index in [2.05, 4.69) is 15.4 Å². The van der Waals surface area contributed by atoms with Crippen molar-refractivity contribution in [1.82, 2.24) is 15.4 Å². The normalized spacial score (nSPS) is 26.3. The van der Waals surface area contributed by atoms with Crippen LogP contribution < -0.4 is 5.32 Å². The molecule has 2 N–H and O–H groups in total. The zero-order valence-electron chi connectivity index (χ0n) is 14.1. The van der Waals surface area contributed by atoms with Crippen molar-refractivity contribution in [2.75, 3.05) is 32.8 Å². The van der Waals surface area contributed by atoms with Gasteiger partial charge >= 0.3 is 0 Å². The van der Waals surface area contributed by atoms with Crippen LogP contribution in [0.5, 0.6) is 0 Å². The third-order valence-electron chi connectivity index (χ3n) is 5.63. The summed E-state index contributed by atoms with van der Waals surface area (Å²) in [6, 6.07) is 5.44. The highest BCUT2D eigenvalue weighted by atomic mass is 35.5. The molecule has 4 rings (SSSR count). The summed E-state index contributed by atoms with van der Waals surface area (Å²) in [4.78, 5) is 2.37. The second-order valence-corrected chi connectivity index (χ2v) is 7.99.